The molecule has 0 aromatic heterocycles. The number of aryl methyl sites for hydroxylation is 1. The van der Waals surface area contributed by atoms with E-state index in [0.717, 1.165) is 12.5 Å². The SMILES string of the molecule is CCC(C)C(NC)c1cc(C)c(F)cc1F. The van der Waals surface area contributed by atoms with E-state index in [-0.39, 0.29) is 6.04 Å². The zero-order chi connectivity index (χ0) is 12.3. The van der Waals surface area contributed by atoms with E-state index in [9.17, 15) is 8.78 Å². The molecule has 0 aliphatic carbocycles. The first kappa shape index (κ1) is 13.1. The molecule has 1 N–H and O–H groups in total. The van der Waals surface area contributed by atoms with Crippen LogP contribution in [0.1, 0.15) is 37.4 Å². The molecule has 0 saturated heterocycles. The number of hydrogen-bond donors (Lipinski definition) is 1. The van der Waals surface area contributed by atoms with Gasteiger partial charge in [0.05, 0.1) is 0 Å². The number of halogens is 2. The smallest absolute Gasteiger partial charge is 0.130 e. The van der Waals surface area contributed by atoms with Gasteiger partial charge in [0, 0.05) is 17.7 Å². The highest BCUT2D eigenvalue weighted by atomic mass is 19.1. The highest BCUT2D eigenvalue weighted by Crippen LogP contribution is 2.27. The lowest BCUT2D eigenvalue weighted by Crippen LogP contribution is -2.24. The summed E-state index contributed by atoms with van der Waals surface area (Å²) in [5.41, 5.74) is 1.04. The molecule has 0 spiro atoms. The van der Waals surface area contributed by atoms with Crippen LogP contribution in [0, 0.1) is 24.5 Å². The van der Waals surface area contributed by atoms with Crippen LogP contribution in [0.3, 0.4) is 0 Å². The van der Waals surface area contributed by atoms with E-state index >= 15 is 0 Å². The minimum absolute atomic E-state index is 0.0655. The van der Waals surface area contributed by atoms with E-state index in [1.165, 1.54) is 0 Å². The van der Waals surface area contributed by atoms with E-state index in [2.05, 4.69) is 19.2 Å². The van der Waals surface area contributed by atoms with Crippen molar-refractivity contribution >= 4 is 0 Å². The van der Waals surface area contributed by atoms with Gasteiger partial charge in [-0.3, -0.25) is 0 Å². The molecule has 1 rings (SSSR count). The molecule has 0 bridgehead atoms. The van der Waals surface area contributed by atoms with Gasteiger partial charge in [0.15, 0.2) is 0 Å². The zero-order valence-corrected chi connectivity index (χ0v) is 10.3. The van der Waals surface area contributed by atoms with Crippen LogP contribution in [-0.4, -0.2) is 7.05 Å². The summed E-state index contributed by atoms with van der Waals surface area (Å²) in [6.45, 7) is 5.77. The molecule has 0 heterocycles. The fraction of sp³-hybridized carbons (Fsp3) is 0.538. The summed E-state index contributed by atoms with van der Waals surface area (Å²) >= 11 is 0. The van der Waals surface area contributed by atoms with E-state index in [4.69, 9.17) is 0 Å². The van der Waals surface area contributed by atoms with Gasteiger partial charge in [0.1, 0.15) is 11.6 Å². The Morgan fingerprint density at radius 3 is 2.38 bits per heavy atom. The van der Waals surface area contributed by atoms with Crippen molar-refractivity contribution in [1.82, 2.24) is 5.32 Å². The molecule has 90 valence electrons. The number of nitrogens with one attached hydrogen (secondary N) is 1. The lowest BCUT2D eigenvalue weighted by atomic mass is 9.91. The van der Waals surface area contributed by atoms with Crippen molar-refractivity contribution in [2.24, 2.45) is 5.92 Å². The third kappa shape index (κ3) is 2.59. The first-order valence-corrected chi connectivity index (χ1v) is 5.64. The Morgan fingerprint density at radius 1 is 1.25 bits per heavy atom. The maximum absolute atomic E-state index is 13.7. The van der Waals surface area contributed by atoms with Crippen molar-refractivity contribution in [3.8, 4) is 0 Å². The molecule has 1 aromatic carbocycles. The summed E-state index contributed by atoms with van der Waals surface area (Å²) in [6.07, 6.45) is 0.946. The van der Waals surface area contributed by atoms with Crippen molar-refractivity contribution in [2.75, 3.05) is 7.05 Å². The predicted molar refractivity (Wildman–Crippen MR) is 62.4 cm³/mol. The van der Waals surface area contributed by atoms with Crippen LogP contribution in [0.5, 0.6) is 0 Å². The number of benzene rings is 1. The summed E-state index contributed by atoms with van der Waals surface area (Å²) in [5, 5.41) is 3.09. The molecular formula is C13H19F2N. The Labute approximate surface area is 95.9 Å². The Bertz CT molecular complexity index is 363. The van der Waals surface area contributed by atoms with E-state index < -0.39 is 11.6 Å². The fourth-order valence-corrected chi connectivity index (χ4v) is 1.90. The summed E-state index contributed by atoms with van der Waals surface area (Å²) in [7, 11) is 1.80. The van der Waals surface area contributed by atoms with E-state index in [0.29, 0.717) is 17.0 Å². The number of hydrogen-bond acceptors (Lipinski definition) is 1. The molecule has 0 saturated carbocycles. The van der Waals surface area contributed by atoms with Crippen LogP contribution in [-0.2, 0) is 0 Å². The summed E-state index contributed by atoms with van der Waals surface area (Å²) < 4.78 is 26.8. The van der Waals surface area contributed by atoms with E-state index in [1.807, 2.05) is 0 Å². The van der Waals surface area contributed by atoms with Gasteiger partial charge >= 0.3 is 0 Å². The molecular weight excluding hydrogens is 208 g/mol. The van der Waals surface area contributed by atoms with Gasteiger partial charge in [-0.2, -0.15) is 0 Å². The largest absolute Gasteiger partial charge is 0.313 e. The summed E-state index contributed by atoms with van der Waals surface area (Å²) in [4.78, 5) is 0. The fourth-order valence-electron chi connectivity index (χ4n) is 1.90. The maximum atomic E-state index is 13.7. The second kappa shape index (κ2) is 5.39. The van der Waals surface area contributed by atoms with E-state index in [1.54, 1.807) is 20.0 Å². The lowest BCUT2D eigenvalue weighted by molar-refractivity contribution is 0.385. The normalized spacial score (nSPS) is 14.9. The topological polar surface area (TPSA) is 12.0 Å². The van der Waals surface area contributed by atoms with Crippen molar-refractivity contribution in [3.05, 3.63) is 34.9 Å². The van der Waals surface area contributed by atoms with Gasteiger partial charge in [-0.1, -0.05) is 20.3 Å². The van der Waals surface area contributed by atoms with Gasteiger partial charge in [0.2, 0.25) is 0 Å². The Balaban J connectivity index is 3.15. The zero-order valence-electron chi connectivity index (χ0n) is 10.3. The van der Waals surface area contributed by atoms with Crippen LogP contribution in [0.15, 0.2) is 12.1 Å². The first-order chi connectivity index (χ1) is 7.51. The van der Waals surface area contributed by atoms with Gasteiger partial charge in [-0.25, -0.2) is 8.78 Å². The monoisotopic (exact) mass is 227 g/mol. The molecule has 1 nitrogen and oxygen atoms in total. The highest BCUT2D eigenvalue weighted by Gasteiger charge is 2.20. The van der Waals surface area contributed by atoms with Gasteiger partial charge in [-0.05, 0) is 31.5 Å². The van der Waals surface area contributed by atoms with Gasteiger partial charge in [-0.15, -0.1) is 0 Å². The predicted octanol–water partition coefficient (Wildman–Crippen LogP) is 3.58. The molecule has 0 radical (unpaired) electrons. The average Bonchev–Trinajstić information content (AvgIpc) is 2.26. The minimum atomic E-state index is -0.486. The molecule has 1 aromatic rings. The van der Waals surface area contributed by atoms with Crippen LogP contribution in [0.4, 0.5) is 8.78 Å². The maximum Gasteiger partial charge on any atom is 0.130 e. The van der Waals surface area contributed by atoms with Crippen LogP contribution in [0.25, 0.3) is 0 Å². The second-order valence-electron chi connectivity index (χ2n) is 4.27. The first-order valence-electron chi connectivity index (χ1n) is 5.64. The summed E-state index contributed by atoms with van der Waals surface area (Å²) in [5.74, 6) is -0.646. The standard InChI is InChI=1S/C13H19F2N/c1-5-8(2)13(16-4)10-6-9(3)11(14)7-12(10)15/h6-8,13,16H,5H2,1-4H3. The highest BCUT2D eigenvalue weighted by molar-refractivity contribution is 5.28. The van der Waals surface area contributed by atoms with Crippen molar-refractivity contribution in [2.45, 2.75) is 33.2 Å². The molecule has 0 fully saturated rings. The van der Waals surface area contributed by atoms with Crippen molar-refractivity contribution in [3.63, 3.8) is 0 Å². The Morgan fingerprint density at radius 2 is 1.88 bits per heavy atom. The van der Waals surface area contributed by atoms with Crippen LogP contribution >= 0.6 is 0 Å². The average molecular weight is 227 g/mol. The Kier molecular flexibility index (Phi) is 4.42. The van der Waals surface area contributed by atoms with Crippen molar-refractivity contribution in [1.29, 1.82) is 0 Å². The van der Waals surface area contributed by atoms with Crippen LogP contribution in [0.2, 0.25) is 0 Å². The quantitative estimate of drug-likeness (QED) is 0.829. The van der Waals surface area contributed by atoms with Crippen LogP contribution < -0.4 is 5.32 Å². The lowest BCUT2D eigenvalue weighted by Gasteiger charge is -2.23. The minimum Gasteiger partial charge on any atom is -0.313 e. The molecule has 0 amide bonds. The Hall–Kier alpha value is -0.960. The molecule has 2 unspecified atom stereocenters. The third-order valence-electron chi connectivity index (χ3n) is 3.14. The van der Waals surface area contributed by atoms with Gasteiger partial charge in [0.25, 0.3) is 0 Å². The molecule has 0 aliphatic heterocycles. The molecule has 0 aliphatic rings. The molecule has 3 heteroatoms. The molecule has 16 heavy (non-hydrogen) atoms. The molecule has 2 atom stereocenters. The number of rotatable bonds is 4. The van der Waals surface area contributed by atoms with Crippen molar-refractivity contribution < 1.29 is 8.78 Å². The summed E-state index contributed by atoms with van der Waals surface area (Å²) in [6, 6.07) is 2.50. The third-order valence-corrected chi connectivity index (χ3v) is 3.14. The van der Waals surface area contributed by atoms with Gasteiger partial charge < -0.3 is 5.32 Å². The second-order valence-corrected chi connectivity index (χ2v) is 4.27.